The maximum Gasteiger partial charge on any atom is -0.00728 e. The smallest absolute Gasteiger partial charge is 0.00728 e. The summed E-state index contributed by atoms with van der Waals surface area (Å²) in [5, 5.41) is 0. The number of rotatable bonds is 2. The van der Waals surface area contributed by atoms with Crippen LogP contribution in [0.2, 0.25) is 0 Å². The Hall–Kier alpha value is -0.780. The van der Waals surface area contributed by atoms with Gasteiger partial charge in [-0.1, -0.05) is 70.4 Å². The fraction of sp³-hybridized carbons (Fsp3) is 0.625. The van der Waals surface area contributed by atoms with Crippen LogP contribution in [-0.2, 0) is 5.41 Å². The van der Waals surface area contributed by atoms with E-state index < -0.39 is 0 Å². The Bertz CT molecular complexity index is 323. The van der Waals surface area contributed by atoms with Gasteiger partial charge in [-0.05, 0) is 29.2 Å². The van der Waals surface area contributed by atoms with Crippen LogP contribution in [0, 0.1) is 11.8 Å². The van der Waals surface area contributed by atoms with Crippen molar-refractivity contribution in [2.75, 3.05) is 0 Å². The molecule has 0 saturated heterocycles. The van der Waals surface area contributed by atoms with E-state index in [0.717, 1.165) is 11.8 Å². The highest BCUT2D eigenvalue weighted by molar-refractivity contribution is 5.24. The van der Waals surface area contributed by atoms with Crippen LogP contribution in [0.1, 0.15) is 52.0 Å². The molecule has 1 fully saturated rings. The van der Waals surface area contributed by atoms with Crippen LogP contribution in [0.3, 0.4) is 0 Å². The van der Waals surface area contributed by atoms with Gasteiger partial charge >= 0.3 is 0 Å². The summed E-state index contributed by atoms with van der Waals surface area (Å²) in [6.45, 7) is 7.29. The Morgan fingerprint density at radius 1 is 1.00 bits per heavy atom. The minimum atomic E-state index is 0.334. The second-order valence-electron chi connectivity index (χ2n) is 5.96. The second kappa shape index (κ2) is 4.61. The fourth-order valence-corrected chi connectivity index (χ4v) is 3.47. The van der Waals surface area contributed by atoms with E-state index in [1.165, 1.54) is 31.2 Å². The van der Waals surface area contributed by atoms with E-state index >= 15 is 0 Å². The molecule has 0 aromatic heterocycles. The molecule has 1 aromatic carbocycles. The molecule has 2 unspecified atom stereocenters. The van der Waals surface area contributed by atoms with Crippen LogP contribution in [0.4, 0.5) is 0 Å². The molecule has 2 rings (SSSR count). The molecule has 1 saturated carbocycles. The first-order valence-electron chi connectivity index (χ1n) is 6.68. The van der Waals surface area contributed by atoms with Crippen molar-refractivity contribution in [1.29, 1.82) is 0 Å². The fourth-order valence-electron chi connectivity index (χ4n) is 3.47. The molecule has 0 nitrogen and oxygen atoms in total. The first kappa shape index (κ1) is 11.7. The Kier molecular flexibility index (Phi) is 3.37. The van der Waals surface area contributed by atoms with Crippen LogP contribution in [0.5, 0.6) is 0 Å². The molecule has 1 aliphatic rings. The molecule has 0 heterocycles. The number of hydrogen-bond acceptors (Lipinski definition) is 0. The van der Waals surface area contributed by atoms with Gasteiger partial charge in [0.1, 0.15) is 0 Å². The normalized spacial score (nSPS) is 26.7. The van der Waals surface area contributed by atoms with E-state index in [9.17, 15) is 0 Å². The van der Waals surface area contributed by atoms with Crippen LogP contribution in [-0.4, -0.2) is 0 Å². The average molecular weight is 216 g/mol. The van der Waals surface area contributed by atoms with Crippen molar-refractivity contribution in [3.05, 3.63) is 35.9 Å². The van der Waals surface area contributed by atoms with Crippen molar-refractivity contribution >= 4 is 0 Å². The summed E-state index contributed by atoms with van der Waals surface area (Å²) in [7, 11) is 0. The molecule has 0 radical (unpaired) electrons. The molecule has 2 atom stereocenters. The zero-order valence-corrected chi connectivity index (χ0v) is 10.9. The Morgan fingerprint density at radius 2 is 1.62 bits per heavy atom. The van der Waals surface area contributed by atoms with Crippen molar-refractivity contribution in [1.82, 2.24) is 0 Å². The molecule has 0 N–H and O–H groups in total. The summed E-state index contributed by atoms with van der Waals surface area (Å²) in [5.41, 5.74) is 1.84. The van der Waals surface area contributed by atoms with Crippen molar-refractivity contribution in [2.24, 2.45) is 11.8 Å². The molecule has 1 aliphatic carbocycles. The van der Waals surface area contributed by atoms with Crippen molar-refractivity contribution in [3.8, 4) is 0 Å². The van der Waals surface area contributed by atoms with Gasteiger partial charge < -0.3 is 0 Å². The van der Waals surface area contributed by atoms with Crippen molar-refractivity contribution in [3.63, 3.8) is 0 Å². The van der Waals surface area contributed by atoms with Crippen molar-refractivity contribution < 1.29 is 0 Å². The molecule has 0 amide bonds. The summed E-state index contributed by atoms with van der Waals surface area (Å²) in [5.74, 6) is 1.73. The van der Waals surface area contributed by atoms with E-state index in [-0.39, 0.29) is 0 Å². The Morgan fingerprint density at radius 3 is 2.25 bits per heavy atom. The lowest BCUT2D eigenvalue weighted by atomic mass is 9.63. The van der Waals surface area contributed by atoms with Crippen LogP contribution in [0.25, 0.3) is 0 Å². The first-order chi connectivity index (χ1) is 7.62. The maximum absolute atomic E-state index is 2.44. The minimum Gasteiger partial charge on any atom is -0.0622 e. The highest BCUT2D eigenvalue weighted by Gasteiger charge is 2.35. The zero-order valence-electron chi connectivity index (χ0n) is 10.9. The topological polar surface area (TPSA) is 0 Å². The van der Waals surface area contributed by atoms with E-state index in [0.29, 0.717) is 5.41 Å². The molecule has 0 spiro atoms. The molecule has 16 heavy (non-hydrogen) atoms. The van der Waals surface area contributed by atoms with E-state index in [4.69, 9.17) is 0 Å². The van der Waals surface area contributed by atoms with Crippen LogP contribution in [0.15, 0.2) is 30.3 Å². The third-order valence-electron chi connectivity index (χ3n) is 4.56. The van der Waals surface area contributed by atoms with E-state index in [1.807, 2.05) is 0 Å². The van der Waals surface area contributed by atoms with E-state index in [2.05, 4.69) is 51.1 Å². The Labute approximate surface area is 100 Å². The van der Waals surface area contributed by atoms with Gasteiger partial charge in [0.05, 0.1) is 0 Å². The highest BCUT2D eigenvalue weighted by Crippen LogP contribution is 2.43. The van der Waals surface area contributed by atoms with Gasteiger partial charge in [-0.3, -0.25) is 0 Å². The molecule has 1 aromatic rings. The molecular weight excluding hydrogens is 192 g/mol. The van der Waals surface area contributed by atoms with Gasteiger partial charge in [0.15, 0.2) is 0 Å². The van der Waals surface area contributed by atoms with Gasteiger partial charge in [-0.25, -0.2) is 0 Å². The van der Waals surface area contributed by atoms with Gasteiger partial charge in [0, 0.05) is 0 Å². The van der Waals surface area contributed by atoms with Gasteiger partial charge in [-0.15, -0.1) is 0 Å². The second-order valence-corrected chi connectivity index (χ2v) is 5.96. The summed E-state index contributed by atoms with van der Waals surface area (Å²) in [6.07, 6.45) is 5.68. The summed E-state index contributed by atoms with van der Waals surface area (Å²) in [4.78, 5) is 0. The lowest BCUT2D eigenvalue weighted by Gasteiger charge is -2.41. The molecule has 88 valence electrons. The SMILES string of the molecule is CC1CCCCC1C(C)(C)c1ccccc1. The lowest BCUT2D eigenvalue weighted by molar-refractivity contribution is 0.164. The van der Waals surface area contributed by atoms with Gasteiger partial charge in [0.25, 0.3) is 0 Å². The summed E-state index contributed by atoms with van der Waals surface area (Å²) >= 11 is 0. The predicted octanol–water partition coefficient (Wildman–Crippen LogP) is 4.79. The predicted molar refractivity (Wildman–Crippen MR) is 70.6 cm³/mol. The highest BCUT2D eigenvalue weighted by atomic mass is 14.4. The maximum atomic E-state index is 2.44. The van der Waals surface area contributed by atoms with E-state index in [1.54, 1.807) is 0 Å². The number of benzene rings is 1. The third-order valence-corrected chi connectivity index (χ3v) is 4.56. The zero-order chi connectivity index (χ0) is 11.6. The largest absolute Gasteiger partial charge is 0.0622 e. The first-order valence-corrected chi connectivity index (χ1v) is 6.68. The average Bonchev–Trinajstić information content (AvgIpc) is 2.30. The summed E-state index contributed by atoms with van der Waals surface area (Å²) < 4.78 is 0. The van der Waals surface area contributed by atoms with Gasteiger partial charge in [0.2, 0.25) is 0 Å². The molecule has 0 heteroatoms. The summed E-state index contributed by atoms with van der Waals surface area (Å²) in [6, 6.07) is 11.0. The third kappa shape index (κ3) is 2.16. The standard InChI is InChI=1S/C16H24/c1-13-9-7-8-12-15(13)16(2,3)14-10-5-4-6-11-14/h4-6,10-11,13,15H,7-9,12H2,1-3H3. The number of hydrogen-bond donors (Lipinski definition) is 0. The van der Waals surface area contributed by atoms with Crippen molar-refractivity contribution in [2.45, 2.75) is 51.9 Å². The quantitative estimate of drug-likeness (QED) is 0.666. The molecule has 0 bridgehead atoms. The van der Waals surface area contributed by atoms with Gasteiger partial charge in [-0.2, -0.15) is 0 Å². The molecule has 0 aliphatic heterocycles. The minimum absolute atomic E-state index is 0.334. The van der Waals surface area contributed by atoms with Crippen LogP contribution >= 0.6 is 0 Å². The lowest BCUT2D eigenvalue weighted by Crippen LogP contribution is -2.35. The van der Waals surface area contributed by atoms with Crippen LogP contribution < -0.4 is 0 Å². The Balaban J connectivity index is 2.23. The monoisotopic (exact) mass is 216 g/mol. The molecular formula is C16H24.